The molecule has 1 aromatic rings. The van der Waals surface area contributed by atoms with Gasteiger partial charge in [-0.1, -0.05) is 34.5 Å². The van der Waals surface area contributed by atoms with Crippen LogP contribution in [-0.2, 0) is 16.6 Å². The van der Waals surface area contributed by atoms with Crippen LogP contribution in [0.3, 0.4) is 0 Å². The Hall–Kier alpha value is -0.430. The number of nitrogens with one attached hydrogen (secondary N) is 1. The Morgan fingerprint density at radius 1 is 1.29 bits per heavy atom. The quantitative estimate of drug-likeness (QED) is 0.832. The number of sulfonamides is 1. The van der Waals surface area contributed by atoms with Crippen LogP contribution in [0, 0.1) is 0 Å². The minimum absolute atomic E-state index is 0.220. The molecule has 0 bridgehead atoms. The maximum absolute atomic E-state index is 12.3. The third kappa shape index (κ3) is 5.36. The van der Waals surface area contributed by atoms with Crippen LogP contribution in [0.15, 0.2) is 28.7 Å². The van der Waals surface area contributed by atoms with E-state index in [1.807, 2.05) is 24.3 Å². The molecule has 1 aliphatic heterocycles. The van der Waals surface area contributed by atoms with E-state index >= 15 is 0 Å². The molecule has 0 amide bonds. The number of nitrogens with zero attached hydrogens (tertiary/aromatic N) is 1. The summed E-state index contributed by atoms with van der Waals surface area (Å²) in [6, 6.07) is 8.11. The summed E-state index contributed by atoms with van der Waals surface area (Å²) < 4.78 is 27.1. The number of benzene rings is 1. The van der Waals surface area contributed by atoms with Gasteiger partial charge in [-0.05, 0) is 43.5 Å². The van der Waals surface area contributed by atoms with Gasteiger partial charge in [-0.15, -0.1) is 0 Å². The van der Waals surface area contributed by atoms with Crippen LogP contribution in [0.5, 0.6) is 0 Å². The topological polar surface area (TPSA) is 49.4 Å². The number of hydrogen-bond donors (Lipinski definition) is 1. The standard InChI is InChI=1S/C15H23BrN2O2S/c1-18(12-13-5-7-14(16)8-6-13)21(19,20)11-9-15-4-2-3-10-17-15/h5-8,15,17H,2-4,9-12H2,1H3. The first-order chi connectivity index (χ1) is 9.97. The molecular weight excluding hydrogens is 352 g/mol. The molecule has 2 rings (SSSR count). The van der Waals surface area contributed by atoms with Crippen LogP contribution in [0.2, 0.25) is 0 Å². The number of hydrogen-bond acceptors (Lipinski definition) is 3. The fourth-order valence-electron chi connectivity index (χ4n) is 2.56. The van der Waals surface area contributed by atoms with Gasteiger partial charge < -0.3 is 5.32 Å². The average Bonchev–Trinajstić information content (AvgIpc) is 2.48. The van der Waals surface area contributed by atoms with Crippen LogP contribution in [0.25, 0.3) is 0 Å². The van der Waals surface area contributed by atoms with Crippen LogP contribution < -0.4 is 5.32 Å². The molecule has 1 fully saturated rings. The molecule has 0 radical (unpaired) electrons. The summed E-state index contributed by atoms with van der Waals surface area (Å²) in [5.41, 5.74) is 1.00. The zero-order valence-electron chi connectivity index (χ0n) is 12.4. The fourth-order valence-corrected chi connectivity index (χ4v) is 4.07. The third-order valence-corrected chi connectivity index (χ3v) is 6.29. The maximum Gasteiger partial charge on any atom is 0.214 e. The first kappa shape index (κ1) is 16.9. The predicted octanol–water partition coefficient (Wildman–Crippen LogP) is 2.74. The smallest absolute Gasteiger partial charge is 0.214 e. The molecule has 118 valence electrons. The second kappa shape index (κ2) is 7.72. The summed E-state index contributed by atoms with van der Waals surface area (Å²) >= 11 is 3.38. The lowest BCUT2D eigenvalue weighted by Crippen LogP contribution is -2.37. The van der Waals surface area contributed by atoms with Crippen molar-refractivity contribution >= 4 is 26.0 Å². The van der Waals surface area contributed by atoms with Crippen molar-refractivity contribution in [3.63, 3.8) is 0 Å². The van der Waals surface area contributed by atoms with Crippen molar-refractivity contribution in [2.75, 3.05) is 19.3 Å². The SMILES string of the molecule is CN(Cc1ccc(Br)cc1)S(=O)(=O)CCC1CCCCN1. The molecule has 1 heterocycles. The van der Waals surface area contributed by atoms with E-state index in [1.165, 1.54) is 17.1 Å². The van der Waals surface area contributed by atoms with Crippen molar-refractivity contribution in [1.29, 1.82) is 0 Å². The lowest BCUT2D eigenvalue weighted by molar-refractivity contribution is 0.388. The van der Waals surface area contributed by atoms with Crippen LogP contribution >= 0.6 is 15.9 Å². The van der Waals surface area contributed by atoms with Gasteiger partial charge in [0.2, 0.25) is 10.0 Å². The van der Waals surface area contributed by atoms with E-state index in [0.717, 1.165) is 23.0 Å². The van der Waals surface area contributed by atoms with E-state index in [0.29, 0.717) is 19.0 Å². The highest BCUT2D eigenvalue weighted by atomic mass is 79.9. The average molecular weight is 375 g/mol. The van der Waals surface area contributed by atoms with E-state index in [9.17, 15) is 8.42 Å². The second-order valence-corrected chi connectivity index (χ2v) is 8.75. The Bertz CT molecular complexity index is 539. The van der Waals surface area contributed by atoms with Crippen LogP contribution in [0.1, 0.15) is 31.2 Å². The first-order valence-corrected chi connectivity index (χ1v) is 9.79. The van der Waals surface area contributed by atoms with Crippen molar-refractivity contribution in [2.24, 2.45) is 0 Å². The summed E-state index contributed by atoms with van der Waals surface area (Å²) in [7, 11) is -1.53. The summed E-state index contributed by atoms with van der Waals surface area (Å²) in [6.45, 7) is 1.44. The van der Waals surface area contributed by atoms with Crippen molar-refractivity contribution in [3.05, 3.63) is 34.3 Å². The largest absolute Gasteiger partial charge is 0.314 e. The van der Waals surface area contributed by atoms with Gasteiger partial charge in [0.25, 0.3) is 0 Å². The van der Waals surface area contributed by atoms with E-state index in [1.54, 1.807) is 7.05 Å². The first-order valence-electron chi connectivity index (χ1n) is 7.39. The molecule has 0 spiro atoms. The minimum atomic E-state index is -3.19. The molecule has 0 aromatic heterocycles. The van der Waals surface area contributed by atoms with Crippen molar-refractivity contribution in [3.8, 4) is 0 Å². The van der Waals surface area contributed by atoms with E-state index < -0.39 is 10.0 Å². The summed E-state index contributed by atoms with van der Waals surface area (Å²) in [5, 5.41) is 3.40. The monoisotopic (exact) mass is 374 g/mol. The van der Waals surface area contributed by atoms with Gasteiger partial charge in [-0.3, -0.25) is 0 Å². The molecule has 1 aliphatic rings. The molecule has 4 nitrogen and oxygen atoms in total. The second-order valence-electron chi connectivity index (χ2n) is 5.63. The molecule has 1 aromatic carbocycles. The van der Waals surface area contributed by atoms with Crippen LogP contribution in [-0.4, -0.2) is 38.1 Å². The number of halogens is 1. The molecule has 1 saturated heterocycles. The summed E-state index contributed by atoms with van der Waals surface area (Å²) in [4.78, 5) is 0. The Labute approximate surface area is 136 Å². The normalized spacial score (nSPS) is 19.9. The lowest BCUT2D eigenvalue weighted by Gasteiger charge is -2.24. The maximum atomic E-state index is 12.3. The van der Waals surface area contributed by atoms with Gasteiger partial charge in [0.15, 0.2) is 0 Å². The van der Waals surface area contributed by atoms with E-state index in [2.05, 4.69) is 21.2 Å². The van der Waals surface area contributed by atoms with Gasteiger partial charge in [-0.2, -0.15) is 0 Å². The molecular formula is C15H23BrN2O2S. The van der Waals surface area contributed by atoms with Gasteiger partial charge >= 0.3 is 0 Å². The van der Waals surface area contributed by atoms with Gasteiger partial charge in [0, 0.05) is 24.1 Å². The Balaban J connectivity index is 1.87. The van der Waals surface area contributed by atoms with E-state index in [4.69, 9.17) is 0 Å². The molecule has 0 aliphatic carbocycles. The van der Waals surface area contributed by atoms with Gasteiger partial charge in [0.1, 0.15) is 0 Å². The lowest BCUT2D eigenvalue weighted by atomic mass is 10.0. The molecule has 1 atom stereocenters. The molecule has 21 heavy (non-hydrogen) atoms. The zero-order valence-corrected chi connectivity index (χ0v) is 14.8. The van der Waals surface area contributed by atoms with Gasteiger partial charge in [0.05, 0.1) is 5.75 Å². The highest BCUT2D eigenvalue weighted by molar-refractivity contribution is 9.10. The Morgan fingerprint density at radius 2 is 2.00 bits per heavy atom. The zero-order chi connectivity index (χ0) is 15.3. The molecule has 1 unspecified atom stereocenters. The fraction of sp³-hybridized carbons (Fsp3) is 0.600. The highest BCUT2D eigenvalue weighted by Gasteiger charge is 2.21. The molecule has 6 heteroatoms. The Morgan fingerprint density at radius 3 is 2.62 bits per heavy atom. The summed E-state index contributed by atoms with van der Waals surface area (Å²) in [5.74, 6) is 0.220. The Kier molecular flexibility index (Phi) is 6.22. The van der Waals surface area contributed by atoms with Crippen molar-refractivity contribution < 1.29 is 8.42 Å². The third-order valence-electron chi connectivity index (χ3n) is 3.93. The van der Waals surface area contributed by atoms with E-state index in [-0.39, 0.29) is 5.75 Å². The number of piperidine rings is 1. The summed E-state index contributed by atoms with van der Waals surface area (Å²) in [6.07, 6.45) is 4.19. The molecule has 1 N–H and O–H groups in total. The minimum Gasteiger partial charge on any atom is -0.314 e. The number of rotatable bonds is 6. The highest BCUT2D eigenvalue weighted by Crippen LogP contribution is 2.15. The predicted molar refractivity (Wildman–Crippen MR) is 89.7 cm³/mol. The van der Waals surface area contributed by atoms with Gasteiger partial charge in [-0.25, -0.2) is 12.7 Å². The van der Waals surface area contributed by atoms with Crippen LogP contribution in [0.4, 0.5) is 0 Å². The van der Waals surface area contributed by atoms with Crippen molar-refractivity contribution in [1.82, 2.24) is 9.62 Å². The molecule has 0 saturated carbocycles. The van der Waals surface area contributed by atoms with Crippen molar-refractivity contribution in [2.45, 2.75) is 38.3 Å².